The molecule has 126 valence electrons. The Kier molecular flexibility index (Phi) is 3.68. The highest BCUT2D eigenvalue weighted by atomic mass is 15.4. The number of aromatic nitrogens is 6. The van der Waals surface area contributed by atoms with Crippen molar-refractivity contribution in [3.8, 4) is 0 Å². The lowest BCUT2D eigenvalue weighted by Crippen LogP contribution is -2.39. The molecule has 0 bridgehead atoms. The Morgan fingerprint density at radius 1 is 1.29 bits per heavy atom. The summed E-state index contributed by atoms with van der Waals surface area (Å²) in [4.78, 5) is 13.3. The van der Waals surface area contributed by atoms with E-state index < -0.39 is 0 Å². The van der Waals surface area contributed by atoms with Gasteiger partial charge in [-0.3, -0.25) is 4.68 Å². The number of hydrogen-bond donors (Lipinski definition) is 0. The molecular formula is C16H22N8. The summed E-state index contributed by atoms with van der Waals surface area (Å²) in [6.45, 7) is 4.75. The Morgan fingerprint density at radius 3 is 3.00 bits per heavy atom. The molecule has 8 nitrogen and oxygen atoms in total. The van der Waals surface area contributed by atoms with E-state index >= 15 is 0 Å². The molecule has 1 aliphatic heterocycles. The van der Waals surface area contributed by atoms with Crippen LogP contribution in [0.5, 0.6) is 0 Å². The molecule has 0 amide bonds. The first kappa shape index (κ1) is 15.1. The van der Waals surface area contributed by atoms with E-state index in [1.807, 2.05) is 17.6 Å². The van der Waals surface area contributed by atoms with Gasteiger partial charge in [0.05, 0.1) is 18.3 Å². The van der Waals surface area contributed by atoms with Crippen LogP contribution in [-0.4, -0.2) is 61.4 Å². The second-order valence-electron chi connectivity index (χ2n) is 6.62. The molecule has 0 spiro atoms. The first-order valence-corrected chi connectivity index (χ1v) is 8.21. The predicted octanol–water partition coefficient (Wildman–Crippen LogP) is 1.14. The van der Waals surface area contributed by atoms with Crippen LogP contribution < -0.4 is 4.90 Å². The molecule has 4 heterocycles. The van der Waals surface area contributed by atoms with E-state index in [-0.39, 0.29) is 0 Å². The van der Waals surface area contributed by atoms with E-state index in [1.165, 1.54) is 5.69 Å². The summed E-state index contributed by atoms with van der Waals surface area (Å²) in [6, 6.07) is 4.52. The molecule has 24 heavy (non-hydrogen) atoms. The quantitative estimate of drug-likeness (QED) is 0.716. The van der Waals surface area contributed by atoms with Gasteiger partial charge in [-0.1, -0.05) is 0 Å². The third-order valence-corrected chi connectivity index (χ3v) is 4.48. The molecule has 0 saturated carbocycles. The van der Waals surface area contributed by atoms with Gasteiger partial charge in [-0.2, -0.15) is 19.7 Å². The SMILES string of the molecule is Cc1cc(N2Cc3ccnn3[C@H](CCN(C)C)C2)n2ncnc2n1. The maximum Gasteiger partial charge on any atom is 0.254 e. The minimum atomic E-state index is 0.346. The molecule has 0 unspecified atom stereocenters. The van der Waals surface area contributed by atoms with Crippen molar-refractivity contribution in [1.29, 1.82) is 0 Å². The van der Waals surface area contributed by atoms with Crippen LogP contribution in [0.25, 0.3) is 5.78 Å². The van der Waals surface area contributed by atoms with E-state index in [1.54, 1.807) is 6.33 Å². The number of aryl methyl sites for hydroxylation is 1. The Bertz CT molecular complexity index is 849. The lowest BCUT2D eigenvalue weighted by Gasteiger charge is -2.35. The van der Waals surface area contributed by atoms with Gasteiger partial charge in [-0.05, 0) is 40.1 Å². The highest BCUT2D eigenvalue weighted by molar-refractivity contribution is 5.48. The standard InChI is InChI=1S/C16H22N8/c1-12-8-15(24-16(20-12)17-11-19-24)22-9-13-4-6-18-23(13)14(10-22)5-7-21(2)3/h4,6,8,11,14H,5,7,9-10H2,1-3H3/t14-/m1/s1. The summed E-state index contributed by atoms with van der Waals surface area (Å²) in [6.07, 6.45) is 4.51. The van der Waals surface area contributed by atoms with Crippen LogP contribution in [0.15, 0.2) is 24.7 Å². The molecule has 0 N–H and O–H groups in total. The van der Waals surface area contributed by atoms with Crippen molar-refractivity contribution in [2.24, 2.45) is 0 Å². The molecule has 3 aromatic rings. The molecule has 0 aliphatic carbocycles. The first-order valence-electron chi connectivity index (χ1n) is 8.21. The number of nitrogens with zero attached hydrogens (tertiary/aromatic N) is 8. The Labute approximate surface area is 140 Å². The Morgan fingerprint density at radius 2 is 2.17 bits per heavy atom. The molecule has 0 saturated heterocycles. The summed E-state index contributed by atoms with van der Waals surface area (Å²) in [7, 11) is 4.21. The summed E-state index contributed by atoms with van der Waals surface area (Å²) >= 11 is 0. The first-order chi connectivity index (χ1) is 11.6. The lowest BCUT2D eigenvalue weighted by molar-refractivity contribution is 0.314. The van der Waals surface area contributed by atoms with Crippen molar-refractivity contribution < 1.29 is 0 Å². The van der Waals surface area contributed by atoms with Crippen molar-refractivity contribution >= 4 is 11.6 Å². The van der Waals surface area contributed by atoms with E-state index in [2.05, 4.69) is 60.9 Å². The predicted molar refractivity (Wildman–Crippen MR) is 91.0 cm³/mol. The maximum absolute atomic E-state index is 4.54. The zero-order valence-electron chi connectivity index (χ0n) is 14.3. The molecule has 0 aromatic carbocycles. The van der Waals surface area contributed by atoms with Crippen molar-refractivity contribution in [1.82, 2.24) is 34.3 Å². The van der Waals surface area contributed by atoms with E-state index in [4.69, 9.17) is 0 Å². The Balaban J connectivity index is 1.70. The third-order valence-electron chi connectivity index (χ3n) is 4.48. The summed E-state index contributed by atoms with van der Waals surface area (Å²) < 4.78 is 3.99. The number of hydrogen-bond acceptors (Lipinski definition) is 6. The van der Waals surface area contributed by atoms with Crippen molar-refractivity contribution in [3.05, 3.63) is 36.0 Å². The fourth-order valence-electron chi connectivity index (χ4n) is 3.32. The second-order valence-corrected chi connectivity index (χ2v) is 6.62. The minimum absolute atomic E-state index is 0.346. The van der Waals surface area contributed by atoms with Crippen LogP contribution in [0.4, 0.5) is 5.82 Å². The third kappa shape index (κ3) is 2.62. The molecular weight excluding hydrogens is 304 g/mol. The molecule has 0 radical (unpaired) electrons. The molecule has 0 fully saturated rings. The summed E-state index contributed by atoms with van der Waals surface area (Å²) in [5.74, 6) is 1.69. The minimum Gasteiger partial charge on any atom is -0.348 e. The van der Waals surface area contributed by atoms with Crippen LogP contribution in [-0.2, 0) is 6.54 Å². The molecule has 1 atom stereocenters. The van der Waals surface area contributed by atoms with Crippen molar-refractivity contribution in [2.45, 2.75) is 25.9 Å². The van der Waals surface area contributed by atoms with Gasteiger partial charge in [0.2, 0.25) is 0 Å². The molecule has 3 aromatic heterocycles. The van der Waals surface area contributed by atoms with E-state index in [0.29, 0.717) is 11.8 Å². The topological polar surface area (TPSA) is 67.4 Å². The lowest BCUT2D eigenvalue weighted by atomic mass is 10.1. The van der Waals surface area contributed by atoms with Gasteiger partial charge in [0.1, 0.15) is 12.1 Å². The van der Waals surface area contributed by atoms with Crippen LogP contribution in [0.2, 0.25) is 0 Å². The Hall–Kier alpha value is -2.48. The smallest absolute Gasteiger partial charge is 0.254 e. The average Bonchev–Trinajstić information content (AvgIpc) is 3.19. The molecule has 4 rings (SSSR count). The van der Waals surface area contributed by atoms with Crippen LogP contribution >= 0.6 is 0 Å². The number of rotatable bonds is 4. The summed E-state index contributed by atoms with van der Waals surface area (Å²) in [5.41, 5.74) is 2.18. The van der Waals surface area contributed by atoms with Crippen LogP contribution in [0.3, 0.4) is 0 Å². The second kappa shape index (κ2) is 5.86. The van der Waals surface area contributed by atoms with Crippen LogP contribution in [0, 0.1) is 6.92 Å². The molecule has 8 heteroatoms. The summed E-state index contributed by atoms with van der Waals surface area (Å²) in [5, 5.41) is 8.89. The van der Waals surface area contributed by atoms with Gasteiger partial charge >= 0.3 is 0 Å². The van der Waals surface area contributed by atoms with Gasteiger partial charge in [-0.25, -0.2) is 4.98 Å². The molecule has 1 aliphatic rings. The zero-order valence-corrected chi connectivity index (χ0v) is 14.3. The number of anilines is 1. The fraction of sp³-hybridized carbons (Fsp3) is 0.500. The highest BCUT2D eigenvalue weighted by Crippen LogP contribution is 2.27. The fourth-order valence-corrected chi connectivity index (χ4v) is 3.32. The van der Waals surface area contributed by atoms with Gasteiger partial charge in [0, 0.05) is 24.5 Å². The van der Waals surface area contributed by atoms with E-state index in [9.17, 15) is 0 Å². The highest BCUT2D eigenvalue weighted by Gasteiger charge is 2.27. The van der Waals surface area contributed by atoms with Crippen molar-refractivity contribution in [2.75, 3.05) is 32.1 Å². The van der Waals surface area contributed by atoms with Gasteiger partial charge < -0.3 is 9.80 Å². The van der Waals surface area contributed by atoms with Gasteiger partial charge in [0.15, 0.2) is 0 Å². The van der Waals surface area contributed by atoms with E-state index in [0.717, 1.165) is 37.6 Å². The maximum atomic E-state index is 4.54. The zero-order chi connectivity index (χ0) is 16.7. The van der Waals surface area contributed by atoms with Gasteiger partial charge in [-0.15, -0.1) is 0 Å². The average molecular weight is 326 g/mol. The number of fused-ring (bicyclic) bond motifs is 2. The van der Waals surface area contributed by atoms with Crippen molar-refractivity contribution in [3.63, 3.8) is 0 Å². The largest absolute Gasteiger partial charge is 0.348 e. The van der Waals surface area contributed by atoms with Crippen LogP contribution in [0.1, 0.15) is 23.9 Å². The monoisotopic (exact) mass is 326 g/mol. The van der Waals surface area contributed by atoms with Gasteiger partial charge in [0.25, 0.3) is 5.78 Å². The normalized spacial score (nSPS) is 17.7.